The maximum Gasteiger partial charge on any atom is 0.252 e. The van der Waals surface area contributed by atoms with Crippen molar-refractivity contribution in [2.75, 3.05) is 11.9 Å². The van der Waals surface area contributed by atoms with E-state index >= 15 is 0 Å². The zero-order chi connectivity index (χ0) is 12.5. The van der Waals surface area contributed by atoms with Crippen LogP contribution in [-0.4, -0.2) is 22.8 Å². The fourth-order valence-electron chi connectivity index (χ4n) is 1.56. The minimum atomic E-state index is -0.0262. The fraction of sp³-hybridized carbons (Fsp3) is 0.538. The van der Waals surface area contributed by atoms with E-state index in [-0.39, 0.29) is 5.91 Å². The second-order valence-corrected chi connectivity index (χ2v) is 4.90. The first-order valence-electron chi connectivity index (χ1n) is 6.00. The van der Waals surface area contributed by atoms with Crippen molar-refractivity contribution in [3.8, 4) is 0 Å². The summed E-state index contributed by atoms with van der Waals surface area (Å²) < 4.78 is 0. The lowest BCUT2D eigenvalue weighted by Crippen LogP contribution is -2.24. The van der Waals surface area contributed by atoms with Gasteiger partial charge in [0.25, 0.3) is 5.91 Å². The van der Waals surface area contributed by atoms with Gasteiger partial charge in [-0.2, -0.15) is 0 Å². The number of carbonyl (C=O) groups excluding carboxylic acids is 1. The van der Waals surface area contributed by atoms with Gasteiger partial charge >= 0.3 is 0 Å². The zero-order valence-corrected chi connectivity index (χ0v) is 11.8. The molecule has 0 radical (unpaired) electrons. The number of nitrogens with zero attached hydrogens (tertiary/aromatic N) is 1. The van der Waals surface area contributed by atoms with Crippen molar-refractivity contribution in [1.82, 2.24) is 10.3 Å². The highest BCUT2D eigenvalue weighted by Crippen LogP contribution is 2.03. The molecule has 1 amide bonds. The summed E-state index contributed by atoms with van der Waals surface area (Å²) in [4.78, 5) is 15.7. The van der Waals surface area contributed by atoms with E-state index < -0.39 is 0 Å². The average molecular weight is 299 g/mol. The van der Waals surface area contributed by atoms with E-state index in [2.05, 4.69) is 26.2 Å². The summed E-state index contributed by atoms with van der Waals surface area (Å²) in [5.74, 6) is -0.0262. The third-order valence-corrected chi connectivity index (χ3v) is 3.04. The smallest absolute Gasteiger partial charge is 0.252 e. The van der Waals surface area contributed by atoms with E-state index in [9.17, 15) is 4.79 Å². The number of rotatable bonds is 7. The second-order valence-electron chi connectivity index (χ2n) is 4.11. The highest BCUT2D eigenvalue weighted by Gasteiger charge is 2.04. The Kier molecular flexibility index (Phi) is 6.86. The minimum absolute atomic E-state index is 0.0262. The second kappa shape index (κ2) is 8.23. The molecule has 0 aromatic carbocycles. The quantitative estimate of drug-likeness (QED) is 0.621. The monoisotopic (exact) mass is 298 g/mol. The molecule has 4 heteroatoms. The van der Waals surface area contributed by atoms with Gasteiger partial charge in [-0.05, 0) is 31.4 Å². The fourth-order valence-corrected chi connectivity index (χ4v) is 1.95. The Labute approximate surface area is 111 Å². The molecule has 0 fully saturated rings. The lowest BCUT2D eigenvalue weighted by Gasteiger charge is -2.05. The standard InChI is InChI=1S/C13H19BrN2O/c1-11-8-12(10-15-9-11)13(17)16-7-5-3-2-4-6-14/h8-10H,2-7H2,1H3,(H,16,17). The molecule has 0 aliphatic rings. The molecule has 0 bridgehead atoms. The number of hydrogen-bond acceptors (Lipinski definition) is 2. The Bertz CT molecular complexity index is 355. The van der Waals surface area contributed by atoms with Gasteiger partial charge in [-0.25, -0.2) is 0 Å². The van der Waals surface area contributed by atoms with Crippen molar-refractivity contribution in [3.63, 3.8) is 0 Å². The van der Waals surface area contributed by atoms with Crippen molar-refractivity contribution >= 4 is 21.8 Å². The van der Waals surface area contributed by atoms with Crippen molar-refractivity contribution in [3.05, 3.63) is 29.6 Å². The van der Waals surface area contributed by atoms with Gasteiger partial charge in [0.05, 0.1) is 5.56 Å². The van der Waals surface area contributed by atoms with Crippen LogP contribution in [0.15, 0.2) is 18.5 Å². The topological polar surface area (TPSA) is 42.0 Å². The molecule has 1 heterocycles. The van der Waals surface area contributed by atoms with Crippen LogP contribution in [-0.2, 0) is 0 Å². The predicted octanol–water partition coefficient (Wildman–Crippen LogP) is 3.08. The summed E-state index contributed by atoms with van der Waals surface area (Å²) in [7, 11) is 0. The van der Waals surface area contributed by atoms with Gasteiger partial charge in [-0.3, -0.25) is 9.78 Å². The number of nitrogens with one attached hydrogen (secondary N) is 1. The summed E-state index contributed by atoms with van der Waals surface area (Å²) in [6, 6.07) is 1.85. The van der Waals surface area contributed by atoms with Crippen LogP contribution in [0.2, 0.25) is 0 Å². The molecule has 0 aliphatic heterocycles. The van der Waals surface area contributed by atoms with E-state index in [1.807, 2.05) is 13.0 Å². The van der Waals surface area contributed by atoms with Gasteiger partial charge in [0.2, 0.25) is 0 Å². The van der Waals surface area contributed by atoms with Crippen LogP contribution in [0.5, 0.6) is 0 Å². The number of amides is 1. The molecule has 1 aromatic rings. The third kappa shape index (κ3) is 5.82. The maximum atomic E-state index is 11.7. The van der Waals surface area contributed by atoms with E-state index in [4.69, 9.17) is 0 Å². The van der Waals surface area contributed by atoms with Crippen molar-refractivity contribution in [1.29, 1.82) is 0 Å². The number of aryl methyl sites for hydroxylation is 1. The Morgan fingerprint density at radius 1 is 1.29 bits per heavy atom. The summed E-state index contributed by atoms with van der Waals surface area (Å²) in [6.45, 7) is 2.68. The van der Waals surface area contributed by atoms with E-state index in [0.29, 0.717) is 5.56 Å². The predicted molar refractivity (Wildman–Crippen MR) is 73.6 cm³/mol. The van der Waals surface area contributed by atoms with Gasteiger partial charge in [0.15, 0.2) is 0 Å². The molecule has 0 spiro atoms. The molecule has 0 saturated carbocycles. The van der Waals surface area contributed by atoms with Crippen LogP contribution in [0.3, 0.4) is 0 Å². The largest absolute Gasteiger partial charge is 0.352 e. The van der Waals surface area contributed by atoms with Crippen LogP contribution in [0.4, 0.5) is 0 Å². The Hall–Kier alpha value is -0.900. The number of hydrogen-bond donors (Lipinski definition) is 1. The first-order chi connectivity index (χ1) is 8.24. The van der Waals surface area contributed by atoms with Crippen LogP contribution in [0.25, 0.3) is 0 Å². The van der Waals surface area contributed by atoms with Crippen LogP contribution < -0.4 is 5.32 Å². The van der Waals surface area contributed by atoms with E-state index in [0.717, 1.165) is 30.3 Å². The van der Waals surface area contributed by atoms with Crippen LogP contribution in [0, 0.1) is 6.92 Å². The summed E-state index contributed by atoms with van der Waals surface area (Å²) in [5.41, 5.74) is 1.65. The summed E-state index contributed by atoms with van der Waals surface area (Å²) in [5, 5.41) is 3.98. The molecule has 0 aliphatic carbocycles. The lowest BCUT2D eigenvalue weighted by molar-refractivity contribution is 0.0952. The molecule has 1 rings (SSSR count). The zero-order valence-electron chi connectivity index (χ0n) is 10.2. The molecule has 0 saturated heterocycles. The van der Waals surface area contributed by atoms with Gasteiger partial charge in [0.1, 0.15) is 0 Å². The third-order valence-electron chi connectivity index (χ3n) is 2.48. The van der Waals surface area contributed by atoms with Gasteiger partial charge < -0.3 is 5.32 Å². The number of carbonyl (C=O) groups is 1. The first-order valence-corrected chi connectivity index (χ1v) is 7.12. The first kappa shape index (κ1) is 14.2. The molecule has 94 valence electrons. The number of halogens is 1. The van der Waals surface area contributed by atoms with Gasteiger partial charge in [-0.15, -0.1) is 0 Å². The summed E-state index contributed by atoms with van der Waals surface area (Å²) >= 11 is 3.40. The molecule has 0 atom stereocenters. The number of unbranched alkanes of at least 4 members (excludes halogenated alkanes) is 3. The van der Waals surface area contributed by atoms with Crippen LogP contribution >= 0.6 is 15.9 Å². The number of aromatic nitrogens is 1. The molecule has 3 nitrogen and oxygen atoms in total. The van der Waals surface area contributed by atoms with Crippen LogP contribution in [0.1, 0.15) is 41.6 Å². The highest BCUT2D eigenvalue weighted by molar-refractivity contribution is 9.09. The molecule has 0 unspecified atom stereocenters. The molecule has 1 N–H and O–H groups in total. The lowest BCUT2D eigenvalue weighted by atomic mass is 10.2. The maximum absolute atomic E-state index is 11.7. The molecular weight excluding hydrogens is 280 g/mol. The van der Waals surface area contributed by atoms with Crippen molar-refractivity contribution in [2.24, 2.45) is 0 Å². The van der Waals surface area contributed by atoms with Gasteiger partial charge in [0, 0.05) is 24.3 Å². The SMILES string of the molecule is Cc1cncc(C(=O)NCCCCCCBr)c1. The van der Waals surface area contributed by atoms with E-state index in [1.54, 1.807) is 12.4 Å². The van der Waals surface area contributed by atoms with Crippen molar-refractivity contribution in [2.45, 2.75) is 32.6 Å². The Morgan fingerprint density at radius 2 is 2.06 bits per heavy atom. The molecular formula is C13H19BrN2O. The van der Waals surface area contributed by atoms with Crippen molar-refractivity contribution < 1.29 is 4.79 Å². The molecule has 17 heavy (non-hydrogen) atoms. The molecule has 1 aromatic heterocycles. The minimum Gasteiger partial charge on any atom is -0.352 e. The summed E-state index contributed by atoms with van der Waals surface area (Å²) in [6.07, 6.45) is 7.98. The number of pyridine rings is 1. The van der Waals surface area contributed by atoms with Gasteiger partial charge in [-0.1, -0.05) is 28.8 Å². The Morgan fingerprint density at radius 3 is 2.76 bits per heavy atom. The highest BCUT2D eigenvalue weighted by atomic mass is 79.9. The average Bonchev–Trinajstić information content (AvgIpc) is 2.33. The normalized spacial score (nSPS) is 10.2. The van der Waals surface area contributed by atoms with E-state index in [1.165, 1.54) is 12.8 Å². The number of alkyl halides is 1. The Balaban J connectivity index is 2.21.